The van der Waals surface area contributed by atoms with Gasteiger partial charge in [0, 0.05) is 6.42 Å². The third-order valence-electron chi connectivity index (χ3n) is 1.98. The second-order valence-corrected chi connectivity index (χ2v) is 3.42. The molecule has 0 aliphatic carbocycles. The van der Waals surface area contributed by atoms with Crippen LogP contribution in [0.2, 0.25) is 0 Å². The first kappa shape index (κ1) is 13.3. The van der Waals surface area contributed by atoms with Crippen LogP contribution in [0.25, 0.3) is 0 Å². The molecule has 1 atom stereocenters. The van der Waals surface area contributed by atoms with Gasteiger partial charge in [-0.25, -0.2) is 8.78 Å². The molecule has 0 heterocycles. The van der Waals surface area contributed by atoms with Gasteiger partial charge in [0.05, 0.1) is 6.54 Å². The molecule has 0 rings (SSSR count). The Balaban J connectivity index is 3.43. The summed E-state index contributed by atoms with van der Waals surface area (Å²) in [5.41, 5.74) is 5.33. The summed E-state index contributed by atoms with van der Waals surface area (Å²) in [6.45, 7) is 2.04. The van der Waals surface area contributed by atoms with Crippen LogP contribution in [0.1, 0.15) is 26.2 Å². The van der Waals surface area contributed by atoms with Gasteiger partial charge in [-0.2, -0.15) is 0 Å². The summed E-state index contributed by atoms with van der Waals surface area (Å²) in [5.74, 6) is 0.0615. The monoisotopic (exact) mass is 208 g/mol. The predicted octanol–water partition coefficient (Wildman–Crippen LogP) is 1.13. The van der Waals surface area contributed by atoms with E-state index in [0.29, 0.717) is 25.3 Å². The zero-order valence-electron chi connectivity index (χ0n) is 8.43. The van der Waals surface area contributed by atoms with Gasteiger partial charge in [-0.05, 0) is 25.3 Å². The van der Waals surface area contributed by atoms with Gasteiger partial charge in [0.1, 0.15) is 0 Å². The standard InChI is InChI=1S/C9H18F2N2O/c1-7(4-5-12)2-3-9(14)13-6-8(10)11/h7-8H,2-6,12H2,1H3,(H,13,14). The topological polar surface area (TPSA) is 55.1 Å². The molecule has 0 aromatic heterocycles. The first-order valence-electron chi connectivity index (χ1n) is 4.81. The highest BCUT2D eigenvalue weighted by Gasteiger charge is 2.08. The number of alkyl halides is 2. The van der Waals surface area contributed by atoms with Crippen molar-refractivity contribution in [1.82, 2.24) is 5.32 Å². The average molecular weight is 208 g/mol. The van der Waals surface area contributed by atoms with Crippen molar-refractivity contribution in [2.75, 3.05) is 13.1 Å². The van der Waals surface area contributed by atoms with Crippen molar-refractivity contribution in [2.24, 2.45) is 11.7 Å². The van der Waals surface area contributed by atoms with Gasteiger partial charge in [-0.1, -0.05) is 6.92 Å². The molecule has 0 radical (unpaired) electrons. The summed E-state index contributed by atoms with van der Waals surface area (Å²) in [4.78, 5) is 11.0. The summed E-state index contributed by atoms with van der Waals surface area (Å²) < 4.78 is 23.4. The molecule has 1 amide bonds. The molecular weight excluding hydrogens is 190 g/mol. The Morgan fingerprint density at radius 2 is 2.07 bits per heavy atom. The summed E-state index contributed by atoms with van der Waals surface area (Å²) in [7, 11) is 0. The normalized spacial score (nSPS) is 12.9. The van der Waals surface area contributed by atoms with Gasteiger partial charge in [0.15, 0.2) is 0 Å². The highest BCUT2D eigenvalue weighted by atomic mass is 19.3. The van der Waals surface area contributed by atoms with E-state index in [1.807, 2.05) is 6.92 Å². The van der Waals surface area contributed by atoms with Crippen molar-refractivity contribution >= 4 is 5.91 Å². The van der Waals surface area contributed by atoms with Crippen molar-refractivity contribution in [3.63, 3.8) is 0 Å². The van der Waals surface area contributed by atoms with Gasteiger partial charge in [-0.15, -0.1) is 0 Å². The molecule has 0 fully saturated rings. The van der Waals surface area contributed by atoms with Crippen molar-refractivity contribution in [1.29, 1.82) is 0 Å². The SMILES string of the molecule is CC(CCN)CCC(=O)NCC(F)F. The lowest BCUT2D eigenvalue weighted by Gasteiger charge is -2.09. The van der Waals surface area contributed by atoms with Crippen LogP contribution in [-0.2, 0) is 4.79 Å². The highest BCUT2D eigenvalue weighted by Crippen LogP contribution is 2.08. The number of carbonyl (C=O) groups excluding carboxylic acids is 1. The van der Waals surface area contributed by atoms with E-state index in [9.17, 15) is 13.6 Å². The molecule has 0 saturated carbocycles. The summed E-state index contributed by atoms with van der Waals surface area (Å²) in [6.07, 6.45) is -0.608. The van der Waals surface area contributed by atoms with Crippen LogP contribution >= 0.6 is 0 Å². The van der Waals surface area contributed by atoms with E-state index in [2.05, 4.69) is 5.32 Å². The Morgan fingerprint density at radius 3 is 2.57 bits per heavy atom. The van der Waals surface area contributed by atoms with Gasteiger partial charge in [0.25, 0.3) is 6.43 Å². The maximum absolute atomic E-state index is 11.7. The first-order chi connectivity index (χ1) is 6.56. The highest BCUT2D eigenvalue weighted by molar-refractivity contribution is 5.75. The largest absolute Gasteiger partial charge is 0.350 e. The molecule has 14 heavy (non-hydrogen) atoms. The number of carbonyl (C=O) groups is 1. The average Bonchev–Trinajstić information content (AvgIpc) is 2.12. The molecule has 84 valence electrons. The third-order valence-corrected chi connectivity index (χ3v) is 1.98. The lowest BCUT2D eigenvalue weighted by atomic mass is 10.0. The Kier molecular flexibility index (Phi) is 7.28. The zero-order valence-corrected chi connectivity index (χ0v) is 8.43. The molecular formula is C9H18F2N2O. The number of hydrogen-bond acceptors (Lipinski definition) is 2. The summed E-state index contributed by atoms with van der Waals surface area (Å²) in [5, 5.41) is 2.16. The van der Waals surface area contributed by atoms with Gasteiger partial charge >= 0.3 is 0 Å². The van der Waals surface area contributed by atoms with E-state index < -0.39 is 13.0 Å². The molecule has 3 nitrogen and oxygen atoms in total. The van der Waals surface area contributed by atoms with Crippen LogP contribution in [0.15, 0.2) is 0 Å². The van der Waals surface area contributed by atoms with Gasteiger partial charge in [0.2, 0.25) is 5.91 Å². The maximum Gasteiger partial charge on any atom is 0.255 e. The number of halogens is 2. The fourth-order valence-electron chi connectivity index (χ4n) is 1.09. The van der Waals surface area contributed by atoms with Crippen LogP contribution in [0.4, 0.5) is 8.78 Å². The van der Waals surface area contributed by atoms with E-state index in [0.717, 1.165) is 6.42 Å². The minimum atomic E-state index is -2.47. The Labute approximate surface area is 83.0 Å². The first-order valence-corrected chi connectivity index (χ1v) is 4.81. The molecule has 0 bridgehead atoms. The van der Waals surface area contributed by atoms with Crippen molar-refractivity contribution in [3.8, 4) is 0 Å². The minimum absolute atomic E-state index is 0.299. The van der Waals surface area contributed by atoms with Gasteiger partial charge in [-0.3, -0.25) is 4.79 Å². The van der Waals surface area contributed by atoms with E-state index in [1.165, 1.54) is 0 Å². The smallest absolute Gasteiger partial charge is 0.255 e. The Hall–Kier alpha value is -0.710. The molecule has 0 saturated heterocycles. The van der Waals surface area contributed by atoms with Crippen molar-refractivity contribution in [3.05, 3.63) is 0 Å². The van der Waals surface area contributed by atoms with E-state index in [1.54, 1.807) is 0 Å². The van der Waals surface area contributed by atoms with Crippen molar-refractivity contribution in [2.45, 2.75) is 32.6 Å². The quantitative estimate of drug-likeness (QED) is 0.659. The Bertz CT molecular complexity index is 165. The molecule has 0 spiro atoms. The molecule has 0 aromatic carbocycles. The molecule has 5 heteroatoms. The number of hydrogen-bond donors (Lipinski definition) is 2. The third kappa shape index (κ3) is 7.91. The fraction of sp³-hybridized carbons (Fsp3) is 0.889. The second kappa shape index (κ2) is 7.67. The van der Waals surface area contributed by atoms with E-state index in [4.69, 9.17) is 5.73 Å². The summed E-state index contributed by atoms with van der Waals surface area (Å²) in [6, 6.07) is 0. The van der Waals surface area contributed by atoms with Crippen LogP contribution < -0.4 is 11.1 Å². The van der Waals surface area contributed by atoms with Crippen LogP contribution in [-0.4, -0.2) is 25.4 Å². The number of nitrogens with one attached hydrogen (secondary N) is 1. The Morgan fingerprint density at radius 1 is 1.43 bits per heavy atom. The van der Waals surface area contributed by atoms with E-state index >= 15 is 0 Å². The lowest BCUT2D eigenvalue weighted by molar-refractivity contribution is -0.122. The predicted molar refractivity (Wildman–Crippen MR) is 51.1 cm³/mol. The zero-order chi connectivity index (χ0) is 11.0. The number of amides is 1. The van der Waals surface area contributed by atoms with Crippen LogP contribution in [0.3, 0.4) is 0 Å². The molecule has 0 aliphatic rings. The van der Waals surface area contributed by atoms with Crippen LogP contribution in [0, 0.1) is 5.92 Å². The van der Waals surface area contributed by atoms with Gasteiger partial charge < -0.3 is 11.1 Å². The number of nitrogens with two attached hydrogens (primary N) is 1. The van der Waals surface area contributed by atoms with Crippen molar-refractivity contribution < 1.29 is 13.6 Å². The fourth-order valence-corrected chi connectivity index (χ4v) is 1.09. The second-order valence-electron chi connectivity index (χ2n) is 3.42. The molecule has 0 aromatic rings. The summed E-state index contributed by atoms with van der Waals surface area (Å²) >= 11 is 0. The molecule has 3 N–H and O–H groups in total. The lowest BCUT2D eigenvalue weighted by Crippen LogP contribution is -2.28. The molecule has 1 unspecified atom stereocenters. The minimum Gasteiger partial charge on any atom is -0.350 e. The maximum atomic E-state index is 11.7. The number of rotatable bonds is 7. The van der Waals surface area contributed by atoms with E-state index in [-0.39, 0.29) is 5.91 Å². The molecule has 0 aliphatic heterocycles. The van der Waals surface area contributed by atoms with Crippen LogP contribution in [0.5, 0.6) is 0 Å².